The standard InChI is InChI=1S/C12H20N3O7P/c1-6(10(17)14-7(2)12(19)20)13-11(18)9(15-8(3)16)4-5-23(21)22/h6-7,9H,4-5H2,1-3H3,(H4-,13,14,15,16,17,18,19,20,21,22)/p+1/t6-,7-,9+/m1/s1. The van der Waals surface area contributed by atoms with E-state index in [2.05, 4.69) is 16.0 Å². The third kappa shape index (κ3) is 8.84. The number of rotatable bonds is 9. The quantitative estimate of drug-likeness (QED) is 0.323. The van der Waals surface area contributed by atoms with Crippen molar-refractivity contribution in [2.75, 3.05) is 6.16 Å². The van der Waals surface area contributed by atoms with Crippen molar-refractivity contribution in [3.8, 4) is 0 Å². The Morgan fingerprint density at radius 3 is 1.96 bits per heavy atom. The molecule has 0 saturated carbocycles. The van der Waals surface area contributed by atoms with Gasteiger partial charge in [-0.2, -0.15) is 4.89 Å². The molecule has 11 heteroatoms. The van der Waals surface area contributed by atoms with Gasteiger partial charge >= 0.3 is 14.0 Å². The number of carbonyl (C=O) groups is 4. The van der Waals surface area contributed by atoms with Crippen molar-refractivity contribution >= 4 is 31.7 Å². The first-order valence-corrected chi connectivity index (χ1v) is 8.18. The zero-order valence-electron chi connectivity index (χ0n) is 13.0. The molecule has 0 aliphatic rings. The van der Waals surface area contributed by atoms with Crippen molar-refractivity contribution < 1.29 is 33.7 Å². The van der Waals surface area contributed by atoms with Gasteiger partial charge in [0.25, 0.3) is 0 Å². The van der Waals surface area contributed by atoms with Gasteiger partial charge in [-0.1, -0.05) is 0 Å². The second-order valence-electron chi connectivity index (χ2n) is 4.92. The Hall–Kier alpha value is -2.06. The molecule has 0 heterocycles. The van der Waals surface area contributed by atoms with Crippen LogP contribution in [-0.2, 0) is 23.7 Å². The third-order valence-electron chi connectivity index (χ3n) is 2.78. The van der Waals surface area contributed by atoms with E-state index in [0.717, 1.165) is 0 Å². The maximum Gasteiger partial charge on any atom is 0.505 e. The predicted molar refractivity (Wildman–Crippen MR) is 79.8 cm³/mol. The average Bonchev–Trinajstić information content (AvgIpc) is 2.42. The molecule has 0 bridgehead atoms. The fraction of sp³-hybridized carbons (Fsp3) is 0.667. The van der Waals surface area contributed by atoms with Crippen LogP contribution in [-0.4, -0.2) is 58.0 Å². The van der Waals surface area contributed by atoms with Crippen molar-refractivity contribution in [2.45, 2.75) is 45.3 Å². The monoisotopic (exact) mass is 350 g/mol. The van der Waals surface area contributed by atoms with E-state index in [1.54, 1.807) is 0 Å². The van der Waals surface area contributed by atoms with E-state index in [-0.39, 0.29) is 12.6 Å². The Morgan fingerprint density at radius 1 is 1.00 bits per heavy atom. The lowest BCUT2D eigenvalue weighted by Gasteiger charge is -2.20. The minimum atomic E-state index is -2.46. The van der Waals surface area contributed by atoms with E-state index in [0.29, 0.717) is 0 Å². The lowest BCUT2D eigenvalue weighted by Crippen LogP contribution is -2.54. The van der Waals surface area contributed by atoms with Crippen LogP contribution in [0.25, 0.3) is 0 Å². The highest BCUT2D eigenvalue weighted by atomic mass is 31.1. The molecule has 0 aromatic heterocycles. The Labute approximate surface area is 133 Å². The van der Waals surface area contributed by atoms with Crippen molar-refractivity contribution in [3.05, 3.63) is 0 Å². The van der Waals surface area contributed by atoms with Crippen LogP contribution in [0.3, 0.4) is 0 Å². The van der Waals surface area contributed by atoms with Gasteiger partial charge in [0.2, 0.25) is 17.7 Å². The average molecular weight is 350 g/mol. The van der Waals surface area contributed by atoms with Gasteiger partial charge in [-0.3, -0.25) is 19.2 Å². The maximum atomic E-state index is 12.0. The molecule has 130 valence electrons. The number of hydrogen-bond acceptors (Lipinski definition) is 5. The van der Waals surface area contributed by atoms with E-state index < -0.39 is 49.8 Å². The van der Waals surface area contributed by atoms with E-state index in [1.165, 1.54) is 20.8 Å². The highest BCUT2D eigenvalue weighted by Gasteiger charge is 2.27. The molecule has 4 atom stereocenters. The molecule has 23 heavy (non-hydrogen) atoms. The van der Waals surface area contributed by atoms with Crippen LogP contribution in [0.1, 0.15) is 27.2 Å². The summed E-state index contributed by atoms with van der Waals surface area (Å²) in [6.45, 7) is 3.80. The lowest BCUT2D eigenvalue weighted by molar-refractivity contribution is -0.141. The Bertz CT molecular complexity index is 497. The summed E-state index contributed by atoms with van der Waals surface area (Å²) in [6, 6.07) is -3.22. The smallest absolute Gasteiger partial charge is 0.480 e. The van der Waals surface area contributed by atoms with Crippen molar-refractivity contribution in [2.24, 2.45) is 0 Å². The topological polar surface area (TPSA) is 162 Å². The van der Waals surface area contributed by atoms with Gasteiger partial charge in [-0.15, -0.1) is 0 Å². The van der Waals surface area contributed by atoms with Crippen LogP contribution < -0.4 is 16.0 Å². The molecular formula is C12H21N3O7P+. The number of amides is 3. The summed E-state index contributed by atoms with van der Waals surface area (Å²) in [6.07, 6.45) is -0.263. The molecule has 0 radical (unpaired) electrons. The second kappa shape index (κ2) is 9.86. The molecule has 5 N–H and O–H groups in total. The van der Waals surface area contributed by atoms with E-state index in [9.17, 15) is 23.7 Å². The third-order valence-corrected chi connectivity index (χ3v) is 3.43. The van der Waals surface area contributed by atoms with E-state index in [1.807, 2.05) is 0 Å². The lowest BCUT2D eigenvalue weighted by atomic mass is 10.2. The maximum absolute atomic E-state index is 12.0. The number of aliphatic carboxylic acids is 1. The molecule has 0 aromatic rings. The first-order chi connectivity index (χ1) is 10.5. The second-order valence-corrected chi connectivity index (χ2v) is 6.07. The first kappa shape index (κ1) is 20.9. The molecule has 3 amide bonds. The predicted octanol–water partition coefficient (Wildman–Crippen LogP) is -1.29. The summed E-state index contributed by atoms with van der Waals surface area (Å²) in [5.74, 6) is -3.14. The summed E-state index contributed by atoms with van der Waals surface area (Å²) in [5.41, 5.74) is 0. The van der Waals surface area contributed by atoms with Gasteiger partial charge < -0.3 is 21.1 Å². The highest BCUT2D eigenvalue weighted by molar-refractivity contribution is 7.37. The summed E-state index contributed by atoms with van der Waals surface area (Å²) in [4.78, 5) is 54.3. The molecule has 10 nitrogen and oxygen atoms in total. The van der Waals surface area contributed by atoms with Gasteiger partial charge in [-0.25, -0.2) is 0 Å². The van der Waals surface area contributed by atoms with Gasteiger partial charge in [0.05, 0.1) is 0 Å². The first-order valence-electron chi connectivity index (χ1n) is 6.78. The Kier molecular flexibility index (Phi) is 8.97. The van der Waals surface area contributed by atoms with Gasteiger partial charge in [0.15, 0.2) is 6.16 Å². The fourth-order valence-electron chi connectivity index (χ4n) is 1.53. The van der Waals surface area contributed by atoms with Crippen molar-refractivity contribution in [1.82, 2.24) is 16.0 Å². The van der Waals surface area contributed by atoms with Crippen LogP contribution in [0.4, 0.5) is 0 Å². The minimum Gasteiger partial charge on any atom is -0.480 e. The van der Waals surface area contributed by atoms with E-state index in [4.69, 9.17) is 10.00 Å². The Morgan fingerprint density at radius 2 is 1.52 bits per heavy atom. The summed E-state index contributed by atoms with van der Waals surface area (Å²) < 4.78 is 10.7. The minimum absolute atomic E-state index is 0.0724. The summed E-state index contributed by atoms with van der Waals surface area (Å²) in [5, 5.41) is 15.5. The number of carboxylic acids is 1. The fourth-order valence-corrected chi connectivity index (χ4v) is 2.01. The molecule has 1 unspecified atom stereocenters. The van der Waals surface area contributed by atoms with Crippen LogP contribution in [0, 0.1) is 0 Å². The molecule has 0 aliphatic carbocycles. The number of carboxylic acid groups (broad SMARTS) is 1. The normalized spacial score (nSPS) is 14.9. The molecule has 0 aliphatic heterocycles. The Balaban J connectivity index is 4.69. The van der Waals surface area contributed by atoms with Gasteiger partial charge in [-0.05, 0) is 18.4 Å². The molecule has 0 aromatic carbocycles. The van der Waals surface area contributed by atoms with Crippen LogP contribution in [0.15, 0.2) is 0 Å². The summed E-state index contributed by atoms with van der Waals surface area (Å²) in [7, 11) is -2.46. The van der Waals surface area contributed by atoms with Crippen LogP contribution in [0.2, 0.25) is 0 Å². The van der Waals surface area contributed by atoms with Gasteiger partial charge in [0, 0.05) is 13.3 Å². The molecule has 0 rings (SSSR count). The van der Waals surface area contributed by atoms with Crippen molar-refractivity contribution in [1.29, 1.82) is 0 Å². The highest BCUT2D eigenvalue weighted by Crippen LogP contribution is 2.15. The van der Waals surface area contributed by atoms with Crippen molar-refractivity contribution in [3.63, 3.8) is 0 Å². The van der Waals surface area contributed by atoms with Crippen LogP contribution in [0.5, 0.6) is 0 Å². The number of carbonyl (C=O) groups excluding carboxylic acids is 3. The molecule has 0 saturated heterocycles. The zero-order valence-corrected chi connectivity index (χ0v) is 13.9. The number of nitrogens with one attached hydrogen (secondary N) is 3. The molecule has 0 spiro atoms. The largest absolute Gasteiger partial charge is 0.505 e. The zero-order chi connectivity index (χ0) is 18.2. The van der Waals surface area contributed by atoms with Gasteiger partial charge in [0.1, 0.15) is 18.1 Å². The molecular weight excluding hydrogens is 329 g/mol. The van der Waals surface area contributed by atoms with E-state index >= 15 is 0 Å². The number of hydrogen-bond donors (Lipinski definition) is 5. The SMILES string of the molecule is CC(=O)N[C@@H](CC[P+](=O)O)C(=O)N[C@H](C)C(=O)N[C@H](C)C(=O)O. The van der Waals surface area contributed by atoms with Crippen LogP contribution >= 0.6 is 8.03 Å². The summed E-state index contributed by atoms with van der Waals surface area (Å²) >= 11 is 0. The molecule has 0 fully saturated rings.